The monoisotopic (exact) mass is 526 g/mol. The van der Waals surface area contributed by atoms with Crippen LogP contribution in [0.5, 0.6) is 0 Å². The van der Waals surface area contributed by atoms with Gasteiger partial charge in [0.1, 0.15) is 4.90 Å². The molecular weight excluding hydrogens is 511 g/mol. The molecule has 0 fully saturated rings. The lowest BCUT2D eigenvalue weighted by molar-refractivity contribution is -0.137. The number of anilines is 2. The summed E-state index contributed by atoms with van der Waals surface area (Å²) in [5, 5.41) is 11.7. The van der Waals surface area contributed by atoms with Gasteiger partial charge in [-0.1, -0.05) is 43.2 Å². The highest BCUT2D eigenvalue weighted by Gasteiger charge is 2.65. The zero-order valence-corrected chi connectivity index (χ0v) is 18.5. The standard InChI is InChI=1S/C19H16ClF5N4O4S/c20-13-3-1-12(2-4-13)11-29-17(27-18(32)28(19(29)33)10-9-16(30)31)26-14-5-7-15(8-6-14)34(21,22,23,24)25/h1-8H,9-11H2,(H,30,31)(H,26,27,32). The Hall–Kier alpha value is -3.39. The van der Waals surface area contributed by atoms with Crippen LogP contribution in [0.1, 0.15) is 12.0 Å². The number of aliphatic carboxylic acids is 1. The van der Waals surface area contributed by atoms with Gasteiger partial charge in [0.05, 0.1) is 13.0 Å². The summed E-state index contributed by atoms with van der Waals surface area (Å²) in [6.07, 6.45) is -0.541. The van der Waals surface area contributed by atoms with E-state index in [4.69, 9.17) is 16.7 Å². The molecule has 0 aliphatic heterocycles. The second kappa shape index (κ2) is 8.13. The Bertz CT molecular complexity index is 1360. The van der Waals surface area contributed by atoms with Gasteiger partial charge in [0.25, 0.3) is 0 Å². The Balaban J connectivity index is 2.05. The summed E-state index contributed by atoms with van der Waals surface area (Å²) < 4.78 is 66.3. The molecule has 0 aliphatic carbocycles. The molecule has 0 saturated carbocycles. The molecule has 3 rings (SSSR count). The van der Waals surface area contributed by atoms with Crippen LogP contribution < -0.4 is 16.7 Å². The molecule has 0 radical (unpaired) electrons. The smallest absolute Gasteiger partial charge is 0.354 e. The molecule has 34 heavy (non-hydrogen) atoms. The average molecular weight is 527 g/mol. The third-order valence-electron chi connectivity index (χ3n) is 4.51. The summed E-state index contributed by atoms with van der Waals surface area (Å²) in [5.74, 6) is -1.65. The van der Waals surface area contributed by atoms with Gasteiger partial charge in [0, 0.05) is 17.3 Å². The fourth-order valence-corrected chi connectivity index (χ4v) is 3.64. The van der Waals surface area contributed by atoms with E-state index in [2.05, 4.69) is 10.3 Å². The number of nitrogens with zero attached hydrogens (tertiary/aromatic N) is 3. The third kappa shape index (κ3) is 6.14. The molecule has 2 N–H and O–H groups in total. The molecule has 0 bridgehead atoms. The molecule has 0 amide bonds. The van der Waals surface area contributed by atoms with Crippen LogP contribution in [-0.4, -0.2) is 25.2 Å². The third-order valence-corrected chi connectivity index (χ3v) is 5.92. The van der Waals surface area contributed by atoms with Crippen LogP contribution in [0.2, 0.25) is 5.02 Å². The normalized spacial score (nSPS) is 13.7. The molecule has 0 atom stereocenters. The van der Waals surface area contributed by atoms with Crippen molar-refractivity contribution in [2.24, 2.45) is 0 Å². The number of benzene rings is 2. The fraction of sp³-hybridized carbons (Fsp3) is 0.158. The van der Waals surface area contributed by atoms with E-state index in [1.165, 1.54) is 12.1 Å². The first kappa shape index (κ1) is 25.2. The highest BCUT2D eigenvalue weighted by molar-refractivity contribution is 8.45. The highest BCUT2D eigenvalue weighted by atomic mass is 35.5. The number of hydrogen-bond donors (Lipinski definition) is 2. The van der Waals surface area contributed by atoms with E-state index < -0.39 is 51.4 Å². The van der Waals surface area contributed by atoms with E-state index in [0.717, 1.165) is 4.57 Å². The summed E-state index contributed by atoms with van der Waals surface area (Å²) in [7, 11) is -9.88. The number of carbonyl (C=O) groups is 1. The van der Waals surface area contributed by atoms with Gasteiger partial charge in [0.2, 0.25) is 5.95 Å². The van der Waals surface area contributed by atoms with Gasteiger partial charge >= 0.3 is 27.6 Å². The van der Waals surface area contributed by atoms with Crippen LogP contribution in [0.15, 0.2) is 63.0 Å². The van der Waals surface area contributed by atoms with Crippen molar-refractivity contribution in [2.45, 2.75) is 24.4 Å². The SMILES string of the molecule is O=C(O)CCn1c(=O)nc(Nc2ccc(S(F)(F)(F)(F)F)cc2)n(Cc2ccc(Cl)cc2)c1=O. The van der Waals surface area contributed by atoms with Crippen molar-refractivity contribution >= 4 is 39.4 Å². The quantitative estimate of drug-likeness (QED) is 0.401. The Morgan fingerprint density at radius 1 is 0.971 bits per heavy atom. The van der Waals surface area contributed by atoms with Crippen molar-refractivity contribution < 1.29 is 29.3 Å². The van der Waals surface area contributed by atoms with E-state index in [9.17, 15) is 33.8 Å². The summed E-state index contributed by atoms with van der Waals surface area (Å²) >= 11 is 5.84. The van der Waals surface area contributed by atoms with E-state index >= 15 is 0 Å². The lowest BCUT2D eigenvalue weighted by Crippen LogP contribution is -2.43. The van der Waals surface area contributed by atoms with Crippen molar-refractivity contribution in [2.75, 3.05) is 5.32 Å². The van der Waals surface area contributed by atoms with E-state index in [1.54, 1.807) is 12.1 Å². The summed E-state index contributed by atoms with van der Waals surface area (Å²) in [6.45, 7) is -0.651. The number of hydrogen-bond acceptors (Lipinski definition) is 5. The number of carboxylic acid groups (broad SMARTS) is 1. The Morgan fingerprint density at radius 3 is 2.09 bits per heavy atom. The maximum atomic E-state index is 12.9. The van der Waals surface area contributed by atoms with E-state index in [0.29, 0.717) is 27.3 Å². The van der Waals surface area contributed by atoms with E-state index in [1.807, 2.05) is 0 Å². The second-order valence-corrected chi connectivity index (χ2v) is 9.97. The molecule has 15 heteroatoms. The van der Waals surface area contributed by atoms with Crippen LogP contribution >= 0.6 is 21.8 Å². The van der Waals surface area contributed by atoms with Gasteiger partial charge in [0.15, 0.2) is 0 Å². The van der Waals surface area contributed by atoms with Gasteiger partial charge in [-0.2, -0.15) is 4.98 Å². The molecule has 0 unspecified atom stereocenters. The van der Waals surface area contributed by atoms with Crippen molar-refractivity contribution in [1.82, 2.24) is 14.1 Å². The molecule has 0 saturated heterocycles. The Labute approximate surface area is 193 Å². The summed E-state index contributed by atoms with van der Waals surface area (Å²) in [4.78, 5) is 37.7. The number of nitrogens with one attached hydrogen (secondary N) is 1. The molecule has 3 aromatic rings. The predicted molar refractivity (Wildman–Crippen MR) is 117 cm³/mol. The van der Waals surface area contributed by atoms with Gasteiger partial charge in [-0.25, -0.2) is 14.2 Å². The lowest BCUT2D eigenvalue weighted by atomic mass is 10.2. The number of halogens is 6. The first-order chi connectivity index (χ1) is 15.5. The fourth-order valence-electron chi connectivity index (χ4n) is 2.86. The molecule has 184 valence electrons. The van der Waals surface area contributed by atoms with Crippen LogP contribution in [0, 0.1) is 0 Å². The Kier molecular flexibility index (Phi) is 6.03. The van der Waals surface area contributed by atoms with E-state index in [-0.39, 0.29) is 24.4 Å². The van der Waals surface area contributed by atoms with Crippen molar-refractivity contribution in [1.29, 1.82) is 0 Å². The average Bonchev–Trinajstić information content (AvgIpc) is 2.70. The van der Waals surface area contributed by atoms with Crippen molar-refractivity contribution in [3.8, 4) is 0 Å². The minimum atomic E-state index is -9.88. The van der Waals surface area contributed by atoms with Crippen LogP contribution in [0.3, 0.4) is 0 Å². The number of aromatic nitrogens is 3. The number of carboxylic acids is 1. The molecule has 0 aliphatic rings. The Morgan fingerprint density at radius 2 is 1.56 bits per heavy atom. The van der Waals surface area contributed by atoms with Gasteiger partial charge in [-0.3, -0.25) is 9.36 Å². The van der Waals surface area contributed by atoms with Crippen LogP contribution in [0.25, 0.3) is 0 Å². The first-order valence-electron chi connectivity index (χ1n) is 9.32. The summed E-state index contributed by atoms with van der Waals surface area (Å²) in [5.41, 5.74) is -1.69. The minimum absolute atomic E-state index is 0.162. The molecule has 0 spiro atoms. The van der Waals surface area contributed by atoms with Crippen LogP contribution in [0.4, 0.5) is 31.1 Å². The zero-order chi connectivity index (χ0) is 25.4. The maximum Gasteiger partial charge on any atom is 0.354 e. The number of rotatable bonds is 8. The summed E-state index contributed by atoms with van der Waals surface area (Å²) in [6, 6.07) is 7.91. The minimum Gasteiger partial charge on any atom is -0.481 e. The predicted octanol–water partition coefficient (Wildman–Crippen LogP) is 4.98. The van der Waals surface area contributed by atoms with Gasteiger partial charge in [-0.15, -0.1) is 0 Å². The largest absolute Gasteiger partial charge is 0.481 e. The first-order valence-corrected chi connectivity index (χ1v) is 11.7. The van der Waals surface area contributed by atoms with Crippen molar-refractivity contribution in [3.05, 3.63) is 80.1 Å². The van der Waals surface area contributed by atoms with Crippen molar-refractivity contribution in [3.63, 3.8) is 0 Å². The molecular formula is C19H16ClF5N4O4S. The molecule has 8 nitrogen and oxygen atoms in total. The topological polar surface area (TPSA) is 106 Å². The zero-order valence-electron chi connectivity index (χ0n) is 16.9. The molecule has 1 aromatic heterocycles. The van der Waals surface area contributed by atoms with Crippen LogP contribution in [-0.2, 0) is 17.9 Å². The van der Waals surface area contributed by atoms with Gasteiger partial charge in [-0.05, 0) is 42.0 Å². The maximum absolute atomic E-state index is 12.9. The lowest BCUT2D eigenvalue weighted by Gasteiger charge is -2.40. The highest BCUT2D eigenvalue weighted by Crippen LogP contribution is 3.02. The molecule has 2 aromatic carbocycles. The van der Waals surface area contributed by atoms with Gasteiger partial charge < -0.3 is 10.4 Å². The second-order valence-electron chi connectivity index (χ2n) is 7.13. The molecule has 1 heterocycles.